The van der Waals surface area contributed by atoms with Crippen LogP contribution in [0.2, 0.25) is 0 Å². The van der Waals surface area contributed by atoms with Crippen molar-refractivity contribution in [3.8, 4) is 0 Å². The summed E-state index contributed by atoms with van der Waals surface area (Å²) in [7, 11) is 0. The Morgan fingerprint density at radius 3 is 2.45 bits per heavy atom. The number of amides is 1. The number of furan rings is 1. The predicted molar refractivity (Wildman–Crippen MR) is 116 cm³/mol. The Morgan fingerprint density at radius 1 is 1.10 bits per heavy atom. The van der Waals surface area contributed by atoms with Crippen LogP contribution in [-0.4, -0.2) is 35.0 Å². The normalized spacial score (nSPS) is 12.3. The molecule has 0 spiro atoms. The Balaban J connectivity index is 1.75. The molecule has 0 aliphatic carbocycles. The molecule has 0 saturated carbocycles. The lowest BCUT2D eigenvalue weighted by Gasteiger charge is -2.30. The van der Waals surface area contributed by atoms with Crippen molar-refractivity contribution in [1.82, 2.24) is 14.8 Å². The van der Waals surface area contributed by atoms with Crippen LogP contribution in [0.25, 0.3) is 0 Å². The summed E-state index contributed by atoms with van der Waals surface area (Å²) in [4.78, 5) is 15.4. The molecule has 1 aromatic carbocycles. The molecule has 0 saturated heterocycles. The molecule has 1 amide bonds. The summed E-state index contributed by atoms with van der Waals surface area (Å²) in [5.74, 6) is 0.848. The van der Waals surface area contributed by atoms with Gasteiger partial charge in [0.25, 0.3) is 5.91 Å². The van der Waals surface area contributed by atoms with Crippen LogP contribution >= 0.6 is 0 Å². The molecule has 5 heteroatoms. The van der Waals surface area contributed by atoms with E-state index >= 15 is 0 Å². The zero-order chi connectivity index (χ0) is 20.8. The van der Waals surface area contributed by atoms with E-state index in [0.717, 1.165) is 35.8 Å². The maximum Gasteiger partial charge on any atom is 0.253 e. The number of hydrogen-bond acceptors (Lipinski definition) is 3. The van der Waals surface area contributed by atoms with Gasteiger partial charge in [0.2, 0.25) is 0 Å². The summed E-state index contributed by atoms with van der Waals surface area (Å²) >= 11 is 0. The van der Waals surface area contributed by atoms with Crippen molar-refractivity contribution >= 4 is 5.91 Å². The minimum atomic E-state index is -0.0307. The highest BCUT2D eigenvalue weighted by molar-refractivity contribution is 5.95. The summed E-state index contributed by atoms with van der Waals surface area (Å²) < 4.78 is 7.59. The van der Waals surface area contributed by atoms with E-state index in [4.69, 9.17) is 4.42 Å². The number of aromatic nitrogens is 1. The lowest BCUT2D eigenvalue weighted by Crippen LogP contribution is -2.38. The van der Waals surface area contributed by atoms with Gasteiger partial charge < -0.3 is 14.3 Å². The summed E-state index contributed by atoms with van der Waals surface area (Å²) in [6, 6.07) is 16.3. The molecule has 0 aliphatic rings. The standard InChI is InChI=1S/C24H31N3O2/c1-5-26(6-2)23(20-11-8-7-9-12-20)16-25-24(28)22-15-18(3)27(19(22)4)17-21-13-10-14-29-21/h7-15,23H,5-6,16-17H2,1-4H3,(H,25,28). The average Bonchev–Trinajstić information content (AvgIpc) is 3.35. The minimum absolute atomic E-state index is 0.0307. The number of rotatable bonds is 9. The summed E-state index contributed by atoms with van der Waals surface area (Å²) in [6.07, 6.45) is 1.67. The number of nitrogens with zero attached hydrogens (tertiary/aromatic N) is 2. The first kappa shape index (κ1) is 20.9. The van der Waals surface area contributed by atoms with Gasteiger partial charge in [-0.05, 0) is 50.7 Å². The molecule has 154 valence electrons. The number of likely N-dealkylation sites (N-methyl/N-ethyl adjacent to an activating group) is 1. The molecule has 0 bridgehead atoms. The first-order valence-electron chi connectivity index (χ1n) is 10.3. The number of carbonyl (C=O) groups is 1. The molecular formula is C24H31N3O2. The Bertz CT molecular complexity index is 909. The number of benzene rings is 1. The monoisotopic (exact) mass is 393 g/mol. The van der Waals surface area contributed by atoms with Gasteiger partial charge in [-0.25, -0.2) is 0 Å². The fourth-order valence-electron chi connectivity index (χ4n) is 3.91. The molecule has 1 atom stereocenters. The van der Waals surface area contributed by atoms with Crippen LogP contribution in [0.5, 0.6) is 0 Å². The van der Waals surface area contributed by atoms with Crippen LogP contribution < -0.4 is 5.32 Å². The van der Waals surface area contributed by atoms with E-state index in [9.17, 15) is 4.79 Å². The van der Waals surface area contributed by atoms with Crippen molar-refractivity contribution in [1.29, 1.82) is 0 Å². The van der Waals surface area contributed by atoms with Crippen molar-refractivity contribution in [2.45, 2.75) is 40.3 Å². The van der Waals surface area contributed by atoms with Gasteiger partial charge in [0.05, 0.1) is 24.4 Å². The molecule has 3 aromatic rings. The van der Waals surface area contributed by atoms with E-state index in [1.165, 1.54) is 5.56 Å². The number of aryl methyl sites for hydroxylation is 1. The predicted octanol–water partition coefficient (Wildman–Crippen LogP) is 4.56. The molecule has 1 N–H and O–H groups in total. The molecule has 5 nitrogen and oxygen atoms in total. The third-order valence-electron chi connectivity index (χ3n) is 5.61. The second kappa shape index (κ2) is 9.61. The number of nitrogens with one attached hydrogen (secondary N) is 1. The maximum absolute atomic E-state index is 13.0. The molecule has 29 heavy (non-hydrogen) atoms. The zero-order valence-corrected chi connectivity index (χ0v) is 17.8. The van der Waals surface area contributed by atoms with Gasteiger partial charge in [-0.1, -0.05) is 44.2 Å². The number of carbonyl (C=O) groups excluding carboxylic acids is 1. The van der Waals surface area contributed by atoms with Gasteiger partial charge in [-0.3, -0.25) is 9.69 Å². The van der Waals surface area contributed by atoms with E-state index < -0.39 is 0 Å². The Kier molecular flexibility index (Phi) is 6.94. The zero-order valence-electron chi connectivity index (χ0n) is 17.8. The van der Waals surface area contributed by atoms with Crippen LogP contribution in [0, 0.1) is 13.8 Å². The Morgan fingerprint density at radius 2 is 1.83 bits per heavy atom. The summed E-state index contributed by atoms with van der Waals surface area (Å²) in [5, 5.41) is 3.17. The van der Waals surface area contributed by atoms with Crippen molar-refractivity contribution < 1.29 is 9.21 Å². The molecule has 0 radical (unpaired) electrons. The Hall–Kier alpha value is -2.79. The van der Waals surface area contributed by atoms with E-state index in [1.807, 2.05) is 38.1 Å². The van der Waals surface area contributed by atoms with E-state index in [1.54, 1.807) is 6.26 Å². The first-order chi connectivity index (χ1) is 14.0. The molecule has 2 aromatic heterocycles. The van der Waals surface area contributed by atoms with Gasteiger partial charge in [-0.2, -0.15) is 0 Å². The third kappa shape index (κ3) is 4.80. The van der Waals surface area contributed by atoms with Gasteiger partial charge in [0.15, 0.2) is 0 Å². The first-order valence-corrected chi connectivity index (χ1v) is 10.3. The van der Waals surface area contributed by atoms with Gasteiger partial charge in [-0.15, -0.1) is 0 Å². The number of hydrogen-bond donors (Lipinski definition) is 1. The molecule has 3 rings (SSSR count). The molecule has 1 unspecified atom stereocenters. The smallest absolute Gasteiger partial charge is 0.253 e. The maximum atomic E-state index is 13.0. The van der Waals surface area contributed by atoms with E-state index in [0.29, 0.717) is 13.1 Å². The fourth-order valence-corrected chi connectivity index (χ4v) is 3.91. The van der Waals surface area contributed by atoms with Gasteiger partial charge in [0.1, 0.15) is 5.76 Å². The topological polar surface area (TPSA) is 50.4 Å². The molecule has 2 heterocycles. The minimum Gasteiger partial charge on any atom is -0.467 e. The van der Waals surface area contributed by atoms with Crippen LogP contribution in [0.3, 0.4) is 0 Å². The molecular weight excluding hydrogens is 362 g/mol. The lowest BCUT2D eigenvalue weighted by molar-refractivity contribution is 0.0934. The quantitative estimate of drug-likeness (QED) is 0.580. The lowest BCUT2D eigenvalue weighted by atomic mass is 10.0. The van der Waals surface area contributed by atoms with Crippen molar-refractivity contribution in [3.63, 3.8) is 0 Å². The fraction of sp³-hybridized carbons (Fsp3) is 0.375. The largest absolute Gasteiger partial charge is 0.467 e. The van der Waals surface area contributed by atoms with Crippen molar-refractivity contribution in [2.24, 2.45) is 0 Å². The van der Waals surface area contributed by atoms with E-state index in [-0.39, 0.29) is 11.9 Å². The average molecular weight is 394 g/mol. The molecule has 0 aliphatic heterocycles. The molecule has 0 fully saturated rings. The third-order valence-corrected chi connectivity index (χ3v) is 5.61. The van der Waals surface area contributed by atoms with Crippen LogP contribution in [0.15, 0.2) is 59.2 Å². The highest BCUT2D eigenvalue weighted by Crippen LogP contribution is 2.21. The van der Waals surface area contributed by atoms with Crippen molar-refractivity contribution in [2.75, 3.05) is 19.6 Å². The summed E-state index contributed by atoms with van der Waals surface area (Å²) in [6.45, 7) is 11.4. The van der Waals surface area contributed by atoms with Crippen LogP contribution in [0.1, 0.15) is 53.0 Å². The second-order valence-corrected chi connectivity index (χ2v) is 7.31. The van der Waals surface area contributed by atoms with E-state index in [2.05, 4.69) is 52.9 Å². The highest BCUT2D eigenvalue weighted by atomic mass is 16.3. The van der Waals surface area contributed by atoms with Crippen LogP contribution in [0.4, 0.5) is 0 Å². The van der Waals surface area contributed by atoms with Crippen molar-refractivity contribution in [3.05, 3.63) is 83.1 Å². The summed E-state index contributed by atoms with van der Waals surface area (Å²) in [5.41, 5.74) is 3.95. The second-order valence-electron chi connectivity index (χ2n) is 7.31. The van der Waals surface area contributed by atoms with Gasteiger partial charge >= 0.3 is 0 Å². The van der Waals surface area contributed by atoms with Crippen LogP contribution in [-0.2, 0) is 6.54 Å². The highest BCUT2D eigenvalue weighted by Gasteiger charge is 2.21. The SMILES string of the molecule is CCN(CC)C(CNC(=O)c1cc(C)n(Cc2ccco2)c1C)c1ccccc1. The van der Waals surface area contributed by atoms with Gasteiger partial charge in [0, 0.05) is 17.9 Å². The Labute approximate surface area is 173 Å².